The summed E-state index contributed by atoms with van der Waals surface area (Å²) in [6.07, 6.45) is 0. The Balaban J connectivity index is 1.74. The van der Waals surface area contributed by atoms with Crippen LogP contribution in [0.15, 0.2) is 29.2 Å². The largest absolute Gasteiger partial charge is 0.355 e. The monoisotopic (exact) mass is 377 g/mol. The number of hydrogen-bond acceptors (Lipinski definition) is 4. The second-order valence-corrected chi connectivity index (χ2v) is 8.72. The van der Waals surface area contributed by atoms with Crippen LogP contribution in [-0.2, 0) is 15.0 Å². The van der Waals surface area contributed by atoms with Gasteiger partial charge in [0.2, 0.25) is 11.8 Å². The van der Waals surface area contributed by atoms with Crippen LogP contribution in [0.2, 0.25) is 0 Å². The van der Waals surface area contributed by atoms with Gasteiger partial charge in [0.05, 0.1) is 12.3 Å². The van der Waals surface area contributed by atoms with E-state index in [2.05, 4.69) is 55.3 Å². The highest BCUT2D eigenvalue weighted by atomic mass is 32.2. The standard InChI is InChI=1S/C20H31N3O2S/c1-5-21-18(24)14-22-10-12-23(13-11-22)19(25)15-26-17-8-6-16(7-9-17)20(2,3)4/h6-9H,5,10-15H2,1-4H3,(H,21,24). The molecular weight excluding hydrogens is 346 g/mol. The van der Waals surface area contributed by atoms with Gasteiger partial charge in [-0.25, -0.2) is 0 Å². The molecule has 2 amide bonds. The molecule has 26 heavy (non-hydrogen) atoms. The predicted molar refractivity (Wildman–Crippen MR) is 108 cm³/mol. The van der Waals surface area contributed by atoms with Gasteiger partial charge in [0.25, 0.3) is 0 Å². The summed E-state index contributed by atoms with van der Waals surface area (Å²) in [5.41, 5.74) is 1.45. The predicted octanol–water partition coefficient (Wildman–Crippen LogP) is 2.36. The van der Waals surface area contributed by atoms with Crippen molar-refractivity contribution in [2.75, 3.05) is 45.0 Å². The van der Waals surface area contributed by atoms with Crippen molar-refractivity contribution in [1.29, 1.82) is 0 Å². The lowest BCUT2D eigenvalue weighted by atomic mass is 9.87. The molecule has 0 aromatic heterocycles. The van der Waals surface area contributed by atoms with Crippen LogP contribution in [0.25, 0.3) is 0 Å². The van der Waals surface area contributed by atoms with E-state index in [1.807, 2.05) is 11.8 Å². The van der Waals surface area contributed by atoms with E-state index < -0.39 is 0 Å². The summed E-state index contributed by atoms with van der Waals surface area (Å²) in [6.45, 7) is 12.5. The van der Waals surface area contributed by atoms with Gasteiger partial charge in [-0.1, -0.05) is 32.9 Å². The lowest BCUT2D eigenvalue weighted by molar-refractivity contribution is -0.130. The number of likely N-dealkylation sites (N-methyl/N-ethyl adjacent to an activating group) is 1. The van der Waals surface area contributed by atoms with Crippen molar-refractivity contribution in [3.05, 3.63) is 29.8 Å². The second-order valence-electron chi connectivity index (χ2n) is 7.67. The van der Waals surface area contributed by atoms with Crippen LogP contribution >= 0.6 is 11.8 Å². The molecule has 1 aliphatic rings. The maximum Gasteiger partial charge on any atom is 0.234 e. The van der Waals surface area contributed by atoms with E-state index >= 15 is 0 Å². The minimum Gasteiger partial charge on any atom is -0.355 e. The van der Waals surface area contributed by atoms with E-state index in [9.17, 15) is 9.59 Å². The quantitative estimate of drug-likeness (QED) is 0.774. The first-order valence-corrected chi connectivity index (χ1v) is 10.3. The number of benzene rings is 1. The van der Waals surface area contributed by atoms with Crippen LogP contribution in [0.4, 0.5) is 0 Å². The third kappa shape index (κ3) is 6.32. The molecule has 0 radical (unpaired) electrons. The lowest BCUT2D eigenvalue weighted by Gasteiger charge is -2.34. The van der Waals surface area contributed by atoms with Gasteiger partial charge in [0.15, 0.2) is 0 Å². The van der Waals surface area contributed by atoms with Crippen molar-refractivity contribution in [2.45, 2.75) is 38.0 Å². The molecule has 144 valence electrons. The van der Waals surface area contributed by atoms with E-state index in [1.165, 1.54) is 5.56 Å². The second kappa shape index (κ2) is 9.42. The Morgan fingerprint density at radius 3 is 2.23 bits per heavy atom. The molecule has 2 rings (SSSR count). The highest BCUT2D eigenvalue weighted by Gasteiger charge is 2.22. The first-order valence-electron chi connectivity index (χ1n) is 9.29. The Morgan fingerprint density at radius 1 is 1.08 bits per heavy atom. The Labute approximate surface area is 161 Å². The molecule has 1 saturated heterocycles. The number of hydrogen-bond donors (Lipinski definition) is 1. The number of rotatable bonds is 6. The molecule has 0 spiro atoms. The zero-order valence-electron chi connectivity index (χ0n) is 16.4. The fourth-order valence-electron chi connectivity index (χ4n) is 2.90. The molecule has 1 aromatic rings. The lowest BCUT2D eigenvalue weighted by Crippen LogP contribution is -2.51. The maximum absolute atomic E-state index is 12.4. The third-order valence-corrected chi connectivity index (χ3v) is 5.55. The molecule has 1 heterocycles. The summed E-state index contributed by atoms with van der Waals surface area (Å²) >= 11 is 1.59. The van der Waals surface area contributed by atoms with Crippen LogP contribution in [0.5, 0.6) is 0 Å². The average molecular weight is 378 g/mol. The van der Waals surface area contributed by atoms with E-state index in [0.717, 1.165) is 18.0 Å². The normalized spacial score (nSPS) is 15.8. The van der Waals surface area contributed by atoms with E-state index in [0.29, 0.717) is 31.9 Å². The molecule has 5 nitrogen and oxygen atoms in total. The smallest absolute Gasteiger partial charge is 0.234 e. The molecule has 0 saturated carbocycles. The first-order chi connectivity index (χ1) is 12.3. The number of nitrogens with one attached hydrogen (secondary N) is 1. The summed E-state index contributed by atoms with van der Waals surface area (Å²) in [5, 5.41) is 2.81. The van der Waals surface area contributed by atoms with Gasteiger partial charge in [-0.05, 0) is 30.0 Å². The summed E-state index contributed by atoms with van der Waals surface area (Å²) in [4.78, 5) is 29.2. The van der Waals surface area contributed by atoms with E-state index in [1.54, 1.807) is 11.8 Å². The van der Waals surface area contributed by atoms with Crippen molar-refractivity contribution < 1.29 is 9.59 Å². The molecule has 0 atom stereocenters. The van der Waals surface area contributed by atoms with E-state index in [4.69, 9.17) is 0 Å². The zero-order valence-corrected chi connectivity index (χ0v) is 17.2. The number of carbonyl (C=O) groups is 2. The van der Waals surface area contributed by atoms with Crippen molar-refractivity contribution in [3.8, 4) is 0 Å². The molecule has 1 aliphatic heterocycles. The molecule has 0 unspecified atom stereocenters. The van der Waals surface area contributed by atoms with Crippen molar-refractivity contribution in [2.24, 2.45) is 0 Å². The number of nitrogens with zero attached hydrogens (tertiary/aromatic N) is 2. The number of amides is 2. The van der Waals surface area contributed by atoms with Gasteiger partial charge in [0.1, 0.15) is 0 Å². The molecule has 0 aliphatic carbocycles. The summed E-state index contributed by atoms with van der Waals surface area (Å²) in [6, 6.07) is 8.49. The van der Waals surface area contributed by atoms with E-state index in [-0.39, 0.29) is 17.2 Å². The molecular formula is C20H31N3O2S. The van der Waals surface area contributed by atoms with Gasteiger partial charge in [0, 0.05) is 37.6 Å². The number of carbonyl (C=O) groups excluding carboxylic acids is 2. The summed E-state index contributed by atoms with van der Waals surface area (Å²) < 4.78 is 0. The van der Waals surface area contributed by atoms with Gasteiger partial charge < -0.3 is 10.2 Å². The van der Waals surface area contributed by atoms with Crippen molar-refractivity contribution in [1.82, 2.24) is 15.1 Å². The summed E-state index contributed by atoms with van der Waals surface area (Å²) in [7, 11) is 0. The Hall–Kier alpha value is -1.53. The molecule has 0 bridgehead atoms. The fourth-order valence-corrected chi connectivity index (χ4v) is 3.70. The maximum atomic E-state index is 12.4. The van der Waals surface area contributed by atoms with Crippen LogP contribution < -0.4 is 5.32 Å². The third-order valence-electron chi connectivity index (χ3n) is 4.55. The highest BCUT2D eigenvalue weighted by molar-refractivity contribution is 8.00. The molecule has 1 N–H and O–H groups in total. The average Bonchev–Trinajstić information content (AvgIpc) is 2.60. The minimum atomic E-state index is 0.0570. The molecule has 1 fully saturated rings. The van der Waals surface area contributed by atoms with Gasteiger partial charge in [-0.3, -0.25) is 14.5 Å². The van der Waals surface area contributed by atoms with Gasteiger partial charge in [-0.2, -0.15) is 0 Å². The molecule has 6 heteroatoms. The Kier molecular flexibility index (Phi) is 7.53. The number of thioether (sulfide) groups is 1. The van der Waals surface area contributed by atoms with Crippen molar-refractivity contribution in [3.63, 3.8) is 0 Å². The first kappa shape index (κ1) is 20.8. The Bertz CT molecular complexity index is 602. The zero-order chi connectivity index (χ0) is 19.2. The van der Waals surface area contributed by atoms with Crippen LogP contribution in [0.3, 0.4) is 0 Å². The van der Waals surface area contributed by atoms with Crippen LogP contribution in [-0.4, -0.2) is 66.6 Å². The highest BCUT2D eigenvalue weighted by Crippen LogP contribution is 2.25. The molecule has 1 aromatic carbocycles. The summed E-state index contributed by atoms with van der Waals surface area (Å²) in [5.74, 6) is 0.694. The fraction of sp³-hybridized carbons (Fsp3) is 0.600. The van der Waals surface area contributed by atoms with Gasteiger partial charge >= 0.3 is 0 Å². The SMILES string of the molecule is CCNC(=O)CN1CCN(C(=O)CSc2ccc(C(C)(C)C)cc2)CC1. The Morgan fingerprint density at radius 2 is 1.69 bits per heavy atom. The van der Waals surface area contributed by atoms with Crippen molar-refractivity contribution >= 4 is 23.6 Å². The van der Waals surface area contributed by atoms with Gasteiger partial charge in [-0.15, -0.1) is 11.8 Å². The van der Waals surface area contributed by atoms with Crippen LogP contribution in [0.1, 0.15) is 33.3 Å². The van der Waals surface area contributed by atoms with Crippen LogP contribution in [0, 0.1) is 0 Å². The number of piperazine rings is 1. The minimum absolute atomic E-state index is 0.0570. The topological polar surface area (TPSA) is 52.7 Å².